The van der Waals surface area contributed by atoms with Crippen LogP contribution in [0, 0.1) is 0 Å². The van der Waals surface area contributed by atoms with Crippen LogP contribution in [0.5, 0.6) is 0 Å². The quantitative estimate of drug-likeness (QED) is 0.544. The molecular formula is C25H28N4O6S. The molecule has 0 spiro atoms. The SMILES string of the molecule is COC(=O)c1ccsc1N1CCC(NC(=O)C2CCCN2C(=O)C(NC(C)=O)c2ccccc2)C1=O. The van der Waals surface area contributed by atoms with Gasteiger partial charge in [0.25, 0.3) is 0 Å². The first-order chi connectivity index (χ1) is 17.3. The first-order valence-electron chi connectivity index (χ1n) is 11.7. The number of ether oxygens (including phenoxy) is 1. The number of nitrogens with zero attached hydrogens (tertiary/aromatic N) is 2. The number of amides is 4. The van der Waals surface area contributed by atoms with Crippen LogP contribution in [0.3, 0.4) is 0 Å². The minimum absolute atomic E-state index is 0.306. The van der Waals surface area contributed by atoms with Crippen LogP contribution in [0.2, 0.25) is 0 Å². The summed E-state index contributed by atoms with van der Waals surface area (Å²) in [5, 5.41) is 7.70. The molecule has 190 valence electrons. The van der Waals surface area contributed by atoms with Gasteiger partial charge in [0.15, 0.2) is 0 Å². The van der Waals surface area contributed by atoms with Crippen LogP contribution >= 0.6 is 11.3 Å². The van der Waals surface area contributed by atoms with Crippen molar-refractivity contribution < 1.29 is 28.7 Å². The summed E-state index contributed by atoms with van der Waals surface area (Å²) in [7, 11) is 1.28. The lowest BCUT2D eigenvalue weighted by atomic mass is 10.0. The summed E-state index contributed by atoms with van der Waals surface area (Å²) in [5.74, 6) is -1.97. The Labute approximate surface area is 212 Å². The second-order valence-corrected chi connectivity index (χ2v) is 9.60. The Morgan fingerprint density at radius 2 is 1.83 bits per heavy atom. The molecular weight excluding hydrogens is 484 g/mol. The fraction of sp³-hybridized carbons (Fsp3) is 0.400. The molecule has 1 aromatic carbocycles. The summed E-state index contributed by atoms with van der Waals surface area (Å²) in [4.78, 5) is 66.6. The van der Waals surface area contributed by atoms with Crippen LogP contribution in [-0.2, 0) is 23.9 Å². The van der Waals surface area contributed by atoms with E-state index in [0.717, 1.165) is 0 Å². The molecule has 2 fully saturated rings. The number of hydrogen-bond donors (Lipinski definition) is 2. The molecule has 0 aliphatic carbocycles. The van der Waals surface area contributed by atoms with Crippen molar-refractivity contribution in [2.24, 2.45) is 0 Å². The van der Waals surface area contributed by atoms with Crippen molar-refractivity contribution >= 4 is 45.9 Å². The Hall–Kier alpha value is -3.73. The van der Waals surface area contributed by atoms with Crippen LogP contribution < -0.4 is 15.5 Å². The van der Waals surface area contributed by atoms with E-state index in [2.05, 4.69) is 10.6 Å². The number of carbonyl (C=O) groups excluding carboxylic acids is 5. The van der Waals surface area contributed by atoms with Gasteiger partial charge in [-0.1, -0.05) is 30.3 Å². The van der Waals surface area contributed by atoms with Crippen molar-refractivity contribution in [2.75, 3.05) is 25.1 Å². The number of thiophene rings is 1. The van der Waals surface area contributed by atoms with E-state index in [1.165, 1.54) is 35.2 Å². The summed E-state index contributed by atoms with van der Waals surface area (Å²) < 4.78 is 4.79. The van der Waals surface area contributed by atoms with Crippen molar-refractivity contribution in [2.45, 2.75) is 44.3 Å². The number of rotatable bonds is 7. The monoisotopic (exact) mass is 512 g/mol. The molecule has 0 saturated carbocycles. The van der Waals surface area contributed by atoms with Crippen molar-refractivity contribution in [3.63, 3.8) is 0 Å². The third-order valence-electron chi connectivity index (χ3n) is 6.38. The first kappa shape index (κ1) is 25.4. The predicted octanol–water partition coefficient (Wildman–Crippen LogP) is 1.62. The zero-order chi connectivity index (χ0) is 25.8. The number of esters is 1. The minimum Gasteiger partial charge on any atom is -0.465 e. The first-order valence-corrected chi connectivity index (χ1v) is 12.6. The molecule has 0 radical (unpaired) electrons. The number of likely N-dealkylation sites (tertiary alicyclic amines) is 1. The second kappa shape index (κ2) is 10.9. The highest BCUT2D eigenvalue weighted by Crippen LogP contribution is 2.32. The average molecular weight is 513 g/mol. The highest BCUT2D eigenvalue weighted by atomic mass is 32.1. The van der Waals surface area contributed by atoms with Gasteiger partial charge in [0.2, 0.25) is 23.6 Å². The van der Waals surface area contributed by atoms with Crippen LogP contribution in [-0.4, -0.2) is 66.8 Å². The van der Waals surface area contributed by atoms with Gasteiger partial charge in [0.05, 0.1) is 12.7 Å². The molecule has 3 unspecified atom stereocenters. The Bertz CT molecular complexity index is 1170. The number of anilines is 1. The Kier molecular flexibility index (Phi) is 7.68. The summed E-state index contributed by atoms with van der Waals surface area (Å²) in [6.45, 7) is 2.07. The maximum absolute atomic E-state index is 13.4. The average Bonchev–Trinajstić information content (AvgIpc) is 3.62. The van der Waals surface area contributed by atoms with Gasteiger partial charge < -0.3 is 25.2 Å². The van der Waals surface area contributed by atoms with E-state index in [4.69, 9.17) is 4.74 Å². The van der Waals surface area contributed by atoms with Gasteiger partial charge in [-0.25, -0.2) is 4.79 Å². The lowest BCUT2D eigenvalue weighted by molar-refractivity contribution is -0.141. The van der Waals surface area contributed by atoms with E-state index in [-0.39, 0.29) is 17.7 Å². The zero-order valence-corrected chi connectivity index (χ0v) is 20.9. The Balaban J connectivity index is 1.46. The van der Waals surface area contributed by atoms with E-state index in [9.17, 15) is 24.0 Å². The largest absolute Gasteiger partial charge is 0.465 e. The van der Waals surface area contributed by atoms with Crippen molar-refractivity contribution in [1.82, 2.24) is 15.5 Å². The summed E-state index contributed by atoms with van der Waals surface area (Å²) >= 11 is 1.25. The summed E-state index contributed by atoms with van der Waals surface area (Å²) in [6.07, 6.45) is 1.47. The van der Waals surface area contributed by atoms with Crippen molar-refractivity contribution in [3.05, 3.63) is 52.9 Å². The second-order valence-electron chi connectivity index (χ2n) is 8.70. The molecule has 10 nitrogen and oxygen atoms in total. The van der Waals surface area contributed by atoms with Gasteiger partial charge in [0, 0.05) is 20.0 Å². The maximum Gasteiger partial charge on any atom is 0.340 e. The maximum atomic E-state index is 13.4. The predicted molar refractivity (Wildman–Crippen MR) is 132 cm³/mol. The molecule has 4 amide bonds. The third-order valence-corrected chi connectivity index (χ3v) is 7.32. The van der Waals surface area contributed by atoms with E-state index < -0.39 is 30.0 Å². The standard InChI is InChI=1S/C25H28N4O6S/c1-15(30)26-20(16-7-4-3-5-8-16)23(33)28-12-6-9-19(28)21(31)27-18-10-13-29(22(18)32)24-17(11-14-36-24)25(34)35-2/h3-5,7-8,11,14,18-20H,6,9-10,12-13H2,1-2H3,(H,26,30)(H,27,31). The summed E-state index contributed by atoms with van der Waals surface area (Å²) in [5.41, 5.74) is 0.933. The lowest BCUT2D eigenvalue weighted by Gasteiger charge is -2.29. The molecule has 0 bridgehead atoms. The minimum atomic E-state index is -0.906. The Morgan fingerprint density at radius 3 is 2.53 bits per heavy atom. The van der Waals surface area contributed by atoms with Gasteiger partial charge in [-0.3, -0.25) is 19.2 Å². The highest BCUT2D eigenvalue weighted by molar-refractivity contribution is 7.14. The summed E-state index contributed by atoms with van der Waals surface area (Å²) in [6, 6.07) is 8.07. The molecule has 2 aromatic rings. The van der Waals surface area contributed by atoms with Crippen molar-refractivity contribution in [1.29, 1.82) is 0 Å². The fourth-order valence-corrected chi connectivity index (χ4v) is 5.58. The molecule has 3 heterocycles. The number of carbonyl (C=O) groups is 5. The molecule has 11 heteroatoms. The van der Waals surface area contributed by atoms with Gasteiger partial charge >= 0.3 is 5.97 Å². The molecule has 2 aliphatic heterocycles. The molecule has 2 saturated heterocycles. The molecule has 3 atom stereocenters. The van der Waals surface area contributed by atoms with Gasteiger partial charge in [-0.2, -0.15) is 0 Å². The molecule has 36 heavy (non-hydrogen) atoms. The van der Waals surface area contributed by atoms with Gasteiger partial charge in [0.1, 0.15) is 23.1 Å². The molecule has 2 aliphatic rings. The van der Waals surface area contributed by atoms with Crippen LogP contribution in [0.15, 0.2) is 41.8 Å². The van der Waals surface area contributed by atoms with Crippen LogP contribution in [0.1, 0.15) is 48.1 Å². The van der Waals surface area contributed by atoms with Crippen LogP contribution in [0.25, 0.3) is 0 Å². The number of nitrogens with one attached hydrogen (secondary N) is 2. The van der Waals surface area contributed by atoms with E-state index in [1.807, 2.05) is 6.07 Å². The Morgan fingerprint density at radius 1 is 1.08 bits per heavy atom. The van der Waals surface area contributed by atoms with Crippen molar-refractivity contribution in [3.8, 4) is 0 Å². The highest BCUT2D eigenvalue weighted by Gasteiger charge is 2.41. The fourth-order valence-electron chi connectivity index (χ4n) is 4.66. The van der Waals surface area contributed by atoms with Gasteiger partial charge in [-0.15, -0.1) is 11.3 Å². The van der Waals surface area contributed by atoms with Gasteiger partial charge in [-0.05, 0) is 36.3 Å². The smallest absolute Gasteiger partial charge is 0.340 e. The number of hydrogen-bond acceptors (Lipinski definition) is 7. The van der Waals surface area contributed by atoms with Crippen LogP contribution in [0.4, 0.5) is 5.00 Å². The normalized spacial score (nSPS) is 20.2. The van der Waals surface area contributed by atoms with E-state index in [1.54, 1.807) is 35.7 Å². The molecule has 2 N–H and O–H groups in total. The number of methoxy groups -OCH3 is 1. The number of benzene rings is 1. The van der Waals surface area contributed by atoms with E-state index >= 15 is 0 Å². The molecule has 1 aromatic heterocycles. The molecule has 4 rings (SSSR count). The lowest BCUT2D eigenvalue weighted by Crippen LogP contribution is -2.52. The topological polar surface area (TPSA) is 125 Å². The third kappa shape index (κ3) is 5.11. The zero-order valence-electron chi connectivity index (χ0n) is 20.1. The van der Waals surface area contributed by atoms with E-state index in [0.29, 0.717) is 48.5 Å².